The van der Waals surface area contributed by atoms with Gasteiger partial charge in [0.05, 0.1) is 12.3 Å². The van der Waals surface area contributed by atoms with E-state index in [2.05, 4.69) is 11.1 Å². The van der Waals surface area contributed by atoms with Gasteiger partial charge in [-0.3, -0.25) is 13.7 Å². The first-order valence-electron chi connectivity index (χ1n) is 3.94. The molecule has 0 aromatic heterocycles. The maximum Gasteiger partial charge on any atom is 0.357 e. The minimum absolute atomic E-state index is 0.448. The molecule has 3 unspecified atom stereocenters. The van der Waals surface area contributed by atoms with Crippen LogP contribution in [0.15, 0.2) is 12.7 Å². The molecule has 9 heteroatoms. The average molecular weight is 260 g/mol. The highest BCUT2D eigenvalue weighted by atomic mass is 31.2. The molecule has 0 bridgehead atoms. The Morgan fingerprint density at radius 1 is 1.40 bits per heavy atom. The van der Waals surface area contributed by atoms with Crippen molar-refractivity contribution in [3.05, 3.63) is 12.7 Å². The van der Waals surface area contributed by atoms with Gasteiger partial charge in [-0.25, -0.2) is 0 Å². The first kappa shape index (κ1) is 15.0. The van der Waals surface area contributed by atoms with E-state index in [0.717, 1.165) is 13.0 Å². The minimum Gasteiger partial charge on any atom is -0.390 e. The van der Waals surface area contributed by atoms with Gasteiger partial charge in [-0.1, -0.05) is 6.08 Å². The van der Waals surface area contributed by atoms with Crippen LogP contribution >= 0.6 is 15.2 Å². The molecule has 0 aliphatic heterocycles. The summed E-state index contributed by atoms with van der Waals surface area (Å²) >= 11 is 0. The third-order valence-electron chi connectivity index (χ3n) is 1.38. The van der Waals surface area contributed by atoms with Gasteiger partial charge in [-0.05, 0) is 6.92 Å². The molecule has 3 atom stereocenters. The molecule has 0 amide bonds. The zero-order valence-corrected chi connectivity index (χ0v) is 9.84. The van der Waals surface area contributed by atoms with Crippen LogP contribution in [0, 0.1) is 0 Å². The third kappa shape index (κ3) is 5.58. The van der Waals surface area contributed by atoms with E-state index in [0.29, 0.717) is 0 Å². The molecule has 0 saturated carbocycles. The standard InChI is InChI=1S/C6H14O7P2/c1-3-4-14(8,9)13-6(5(2)7)15(10,11)12/h3,5-7H,1,4H2,2H3,(H,8,9)(H2,10,11,12). The van der Waals surface area contributed by atoms with Crippen molar-refractivity contribution in [2.45, 2.75) is 18.9 Å². The topological polar surface area (TPSA) is 124 Å². The normalized spacial score (nSPS) is 20.3. The Kier molecular flexibility index (Phi) is 5.37. The Bertz CT molecular complexity index is 307. The number of rotatable bonds is 6. The summed E-state index contributed by atoms with van der Waals surface area (Å²) in [6.07, 6.45) is -0.924. The lowest BCUT2D eigenvalue weighted by Gasteiger charge is -2.23. The molecule has 7 nitrogen and oxygen atoms in total. The molecule has 0 heterocycles. The van der Waals surface area contributed by atoms with Crippen LogP contribution in [-0.2, 0) is 13.7 Å². The van der Waals surface area contributed by atoms with E-state index in [4.69, 9.17) is 19.8 Å². The third-order valence-corrected chi connectivity index (χ3v) is 4.02. The molecule has 0 rings (SSSR count). The zero-order chi connectivity index (χ0) is 12.3. The number of hydrogen-bond acceptors (Lipinski definition) is 4. The molecule has 0 fully saturated rings. The van der Waals surface area contributed by atoms with Gasteiger partial charge in [0.2, 0.25) is 0 Å². The number of hydrogen-bond donors (Lipinski definition) is 4. The summed E-state index contributed by atoms with van der Waals surface area (Å²) in [7, 11) is -8.96. The predicted octanol–water partition coefficient (Wildman–Crippen LogP) is 0.259. The molecule has 4 N–H and O–H groups in total. The molecule has 0 spiro atoms. The van der Waals surface area contributed by atoms with Crippen LogP contribution in [0.4, 0.5) is 0 Å². The second-order valence-electron chi connectivity index (χ2n) is 2.93. The van der Waals surface area contributed by atoms with Gasteiger partial charge in [-0.2, -0.15) is 0 Å². The highest BCUT2D eigenvalue weighted by Crippen LogP contribution is 2.53. The SMILES string of the molecule is C=CCP(=O)(O)OC(C(C)O)P(=O)(O)O. The van der Waals surface area contributed by atoms with Gasteiger partial charge in [0.15, 0.2) is 5.85 Å². The highest BCUT2D eigenvalue weighted by molar-refractivity contribution is 7.56. The maximum atomic E-state index is 11.2. The van der Waals surface area contributed by atoms with Crippen molar-refractivity contribution in [2.75, 3.05) is 6.16 Å². The Morgan fingerprint density at radius 2 is 1.87 bits per heavy atom. The largest absolute Gasteiger partial charge is 0.390 e. The van der Waals surface area contributed by atoms with Crippen molar-refractivity contribution < 1.29 is 33.4 Å². The van der Waals surface area contributed by atoms with Crippen LogP contribution in [0.3, 0.4) is 0 Å². The van der Waals surface area contributed by atoms with E-state index in [-0.39, 0.29) is 0 Å². The summed E-state index contributed by atoms with van der Waals surface area (Å²) in [5.41, 5.74) is 0. The summed E-state index contributed by atoms with van der Waals surface area (Å²) in [5, 5.41) is 9.00. The van der Waals surface area contributed by atoms with Crippen LogP contribution in [0.5, 0.6) is 0 Å². The van der Waals surface area contributed by atoms with Crippen molar-refractivity contribution >= 4 is 15.2 Å². The van der Waals surface area contributed by atoms with E-state index < -0.39 is 33.3 Å². The quantitative estimate of drug-likeness (QED) is 0.398. The van der Waals surface area contributed by atoms with Crippen molar-refractivity contribution in [3.8, 4) is 0 Å². The van der Waals surface area contributed by atoms with E-state index in [1.807, 2.05) is 0 Å². The lowest BCUT2D eigenvalue weighted by molar-refractivity contribution is 0.0713. The number of aliphatic hydroxyl groups excluding tert-OH is 1. The molecule has 0 aliphatic rings. The van der Waals surface area contributed by atoms with Gasteiger partial charge in [-0.15, -0.1) is 6.58 Å². The van der Waals surface area contributed by atoms with Gasteiger partial charge < -0.3 is 19.8 Å². The Labute approximate surface area is 87.1 Å². The lowest BCUT2D eigenvalue weighted by atomic mass is 10.4. The molecule has 0 aromatic carbocycles. The molecule has 0 aliphatic carbocycles. The van der Waals surface area contributed by atoms with Gasteiger partial charge in [0, 0.05) is 0 Å². The van der Waals surface area contributed by atoms with Crippen molar-refractivity contribution in [1.29, 1.82) is 0 Å². The fourth-order valence-corrected chi connectivity index (χ4v) is 3.23. The number of aliphatic hydroxyl groups is 1. The van der Waals surface area contributed by atoms with Crippen molar-refractivity contribution in [2.24, 2.45) is 0 Å². The Hall–Kier alpha value is -0.0000000000000000971. The fourth-order valence-electron chi connectivity index (χ4n) is 0.805. The molecule has 15 heavy (non-hydrogen) atoms. The fraction of sp³-hybridized carbons (Fsp3) is 0.667. The zero-order valence-electron chi connectivity index (χ0n) is 8.05. The van der Waals surface area contributed by atoms with Crippen molar-refractivity contribution in [1.82, 2.24) is 0 Å². The highest BCUT2D eigenvalue weighted by Gasteiger charge is 2.39. The lowest BCUT2D eigenvalue weighted by Crippen LogP contribution is -2.25. The van der Waals surface area contributed by atoms with Gasteiger partial charge in [0.25, 0.3) is 0 Å². The van der Waals surface area contributed by atoms with Gasteiger partial charge in [0.1, 0.15) is 0 Å². The average Bonchev–Trinajstić information content (AvgIpc) is 1.97. The molecule has 90 valence electrons. The molecular weight excluding hydrogens is 246 g/mol. The Morgan fingerprint density at radius 3 is 2.13 bits per heavy atom. The van der Waals surface area contributed by atoms with Crippen LogP contribution < -0.4 is 0 Å². The smallest absolute Gasteiger partial charge is 0.357 e. The molecular formula is C6H14O7P2. The summed E-state index contributed by atoms with van der Waals surface area (Å²) < 4.78 is 26.3. The van der Waals surface area contributed by atoms with E-state index in [1.54, 1.807) is 0 Å². The first-order chi connectivity index (χ1) is 6.60. The summed E-state index contributed by atoms with van der Waals surface area (Å²) in [5.74, 6) is -2.01. The second kappa shape index (κ2) is 5.37. The van der Waals surface area contributed by atoms with Gasteiger partial charge >= 0.3 is 15.2 Å². The number of allylic oxidation sites excluding steroid dienone is 1. The van der Waals surface area contributed by atoms with Crippen LogP contribution in [0.25, 0.3) is 0 Å². The van der Waals surface area contributed by atoms with E-state index in [1.165, 1.54) is 0 Å². The minimum atomic E-state index is -4.79. The monoisotopic (exact) mass is 260 g/mol. The molecule has 0 saturated heterocycles. The first-order valence-corrected chi connectivity index (χ1v) is 7.39. The van der Waals surface area contributed by atoms with Crippen LogP contribution in [0.1, 0.15) is 6.92 Å². The second-order valence-corrected chi connectivity index (χ2v) is 6.47. The summed E-state index contributed by atoms with van der Waals surface area (Å²) in [4.78, 5) is 26.6. The molecule has 0 radical (unpaired) electrons. The molecule has 0 aromatic rings. The van der Waals surface area contributed by atoms with E-state index in [9.17, 15) is 9.13 Å². The van der Waals surface area contributed by atoms with Crippen LogP contribution in [-0.4, -0.2) is 37.9 Å². The van der Waals surface area contributed by atoms with Crippen molar-refractivity contribution in [3.63, 3.8) is 0 Å². The Balaban J connectivity index is 4.78. The predicted molar refractivity (Wildman–Crippen MR) is 53.5 cm³/mol. The summed E-state index contributed by atoms with van der Waals surface area (Å²) in [6, 6.07) is 0. The van der Waals surface area contributed by atoms with E-state index >= 15 is 0 Å². The maximum absolute atomic E-state index is 11.2. The summed E-state index contributed by atoms with van der Waals surface area (Å²) in [6.45, 7) is 4.24. The van der Waals surface area contributed by atoms with Crippen LogP contribution in [0.2, 0.25) is 0 Å².